The Morgan fingerprint density at radius 1 is 0.675 bits per heavy atom. The van der Waals surface area contributed by atoms with E-state index in [2.05, 4.69) is 0 Å². The quantitative estimate of drug-likeness (QED) is 0.352. The Bertz CT molecular complexity index is 1510. The highest BCUT2D eigenvalue weighted by Gasteiger charge is 2.54. The minimum Gasteiger partial charge on any atom is -0.365 e. The highest BCUT2D eigenvalue weighted by molar-refractivity contribution is 7.87. The number of methoxy groups -OCH3 is 1. The van der Waals surface area contributed by atoms with Crippen molar-refractivity contribution in [1.82, 2.24) is 0 Å². The summed E-state index contributed by atoms with van der Waals surface area (Å²) in [4.78, 5) is -0.174. The summed E-state index contributed by atoms with van der Waals surface area (Å²) in [5.41, 5.74) is 2.64. The van der Waals surface area contributed by atoms with E-state index in [1.165, 1.54) is 31.4 Å². The molecule has 6 atom stereocenters. The van der Waals surface area contributed by atoms with Crippen molar-refractivity contribution < 1.29 is 39.4 Å². The SMILES string of the molecule is CO[C@@H]1O[C@@H]2CC[C@H](c3ccccc3)O[C@@H]2[C@H](OS(=O)(=O)c2ccc(C)cc2)[C@H]1OS(=O)(=O)c1ccc(C)cc1. The van der Waals surface area contributed by atoms with E-state index in [9.17, 15) is 16.8 Å². The van der Waals surface area contributed by atoms with E-state index in [4.69, 9.17) is 22.6 Å². The molecule has 0 aliphatic carbocycles. The smallest absolute Gasteiger partial charge is 0.297 e. The minimum atomic E-state index is -4.37. The molecule has 2 heterocycles. The van der Waals surface area contributed by atoms with E-state index in [0.717, 1.165) is 16.7 Å². The monoisotopic (exact) mass is 588 g/mol. The van der Waals surface area contributed by atoms with Crippen LogP contribution in [0.15, 0.2) is 88.7 Å². The van der Waals surface area contributed by atoms with Crippen molar-refractivity contribution >= 4 is 20.2 Å². The molecule has 0 unspecified atom stereocenters. The maximum atomic E-state index is 13.5. The molecule has 0 bridgehead atoms. The van der Waals surface area contributed by atoms with Gasteiger partial charge in [-0.3, -0.25) is 8.37 Å². The van der Waals surface area contributed by atoms with Crippen LogP contribution in [0.1, 0.15) is 35.6 Å². The van der Waals surface area contributed by atoms with E-state index in [1.807, 2.05) is 44.2 Å². The summed E-state index contributed by atoms with van der Waals surface area (Å²) in [5, 5.41) is 0. The molecule has 9 nitrogen and oxygen atoms in total. The Kier molecular flexibility index (Phi) is 8.44. The summed E-state index contributed by atoms with van der Waals surface area (Å²) in [6, 6.07) is 21.8. The largest absolute Gasteiger partial charge is 0.365 e. The van der Waals surface area contributed by atoms with Gasteiger partial charge in [0.05, 0.1) is 22.0 Å². The van der Waals surface area contributed by atoms with Crippen molar-refractivity contribution in [2.45, 2.75) is 73.3 Å². The Labute approximate surface area is 235 Å². The van der Waals surface area contributed by atoms with Crippen molar-refractivity contribution in [3.63, 3.8) is 0 Å². The highest BCUT2D eigenvalue weighted by Crippen LogP contribution is 2.41. The van der Waals surface area contributed by atoms with Crippen LogP contribution in [-0.4, -0.2) is 54.7 Å². The number of hydrogen-bond acceptors (Lipinski definition) is 9. The number of ether oxygens (including phenoxy) is 3. The average Bonchev–Trinajstić information content (AvgIpc) is 2.94. The summed E-state index contributed by atoms with van der Waals surface area (Å²) in [7, 11) is -7.40. The van der Waals surface area contributed by atoms with Crippen molar-refractivity contribution in [1.29, 1.82) is 0 Å². The molecule has 3 aromatic carbocycles. The van der Waals surface area contributed by atoms with Crippen LogP contribution in [0.5, 0.6) is 0 Å². The molecule has 0 amide bonds. The molecule has 2 fully saturated rings. The molecule has 0 radical (unpaired) electrons. The van der Waals surface area contributed by atoms with Crippen LogP contribution in [0.2, 0.25) is 0 Å². The van der Waals surface area contributed by atoms with E-state index >= 15 is 0 Å². The lowest BCUT2D eigenvalue weighted by Crippen LogP contribution is -2.62. The number of hydrogen-bond donors (Lipinski definition) is 0. The number of fused-ring (bicyclic) bond motifs is 1. The predicted molar refractivity (Wildman–Crippen MR) is 145 cm³/mol. The normalized spacial score (nSPS) is 27.2. The topological polar surface area (TPSA) is 114 Å². The van der Waals surface area contributed by atoms with Crippen molar-refractivity contribution in [3.8, 4) is 0 Å². The minimum absolute atomic E-state index is 0.0781. The van der Waals surface area contributed by atoms with Gasteiger partial charge in [-0.2, -0.15) is 16.8 Å². The van der Waals surface area contributed by atoms with Crippen LogP contribution < -0.4 is 0 Å². The molecule has 0 spiro atoms. The summed E-state index contributed by atoms with van der Waals surface area (Å²) in [5.74, 6) is 0. The zero-order chi connectivity index (χ0) is 28.5. The first kappa shape index (κ1) is 28.9. The van der Waals surface area contributed by atoms with E-state index in [0.29, 0.717) is 12.8 Å². The van der Waals surface area contributed by atoms with Gasteiger partial charge >= 0.3 is 0 Å². The van der Waals surface area contributed by atoms with Gasteiger partial charge < -0.3 is 14.2 Å². The lowest BCUT2D eigenvalue weighted by molar-refractivity contribution is -0.305. The molecule has 0 N–H and O–H groups in total. The summed E-state index contributed by atoms with van der Waals surface area (Å²) >= 11 is 0. The summed E-state index contributed by atoms with van der Waals surface area (Å²) < 4.78 is 83.1. The van der Waals surface area contributed by atoms with Gasteiger partial charge in [-0.15, -0.1) is 0 Å². The molecule has 11 heteroatoms. The van der Waals surface area contributed by atoms with Gasteiger partial charge in [0.2, 0.25) is 0 Å². The van der Waals surface area contributed by atoms with E-state index in [-0.39, 0.29) is 15.9 Å². The second-order valence-corrected chi connectivity index (χ2v) is 13.2. The Balaban J connectivity index is 1.53. The lowest BCUT2D eigenvalue weighted by Gasteiger charge is -2.48. The third-order valence-corrected chi connectivity index (χ3v) is 9.77. The third kappa shape index (κ3) is 6.15. The van der Waals surface area contributed by atoms with Crippen LogP contribution in [0, 0.1) is 13.8 Å². The zero-order valence-corrected chi connectivity index (χ0v) is 24.0. The molecule has 0 saturated carbocycles. The molecule has 214 valence electrons. The highest BCUT2D eigenvalue weighted by atomic mass is 32.2. The first-order chi connectivity index (χ1) is 19.1. The average molecular weight is 589 g/mol. The van der Waals surface area contributed by atoms with Crippen LogP contribution in [0.3, 0.4) is 0 Å². The van der Waals surface area contributed by atoms with Crippen molar-refractivity contribution in [2.75, 3.05) is 7.11 Å². The summed E-state index contributed by atoms with van der Waals surface area (Å²) in [6.45, 7) is 3.67. The fraction of sp³-hybridized carbons (Fsp3) is 0.379. The molecule has 2 aliphatic rings. The van der Waals surface area contributed by atoms with Gasteiger partial charge in [-0.1, -0.05) is 65.7 Å². The standard InChI is InChI=1S/C29H32O9S2/c1-19-9-13-22(14-10-19)39(30,31)37-27-26-25(18-17-24(35-26)21-7-5-4-6-8-21)36-29(34-3)28(27)38-40(32,33)23-15-11-20(2)12-16-23/h4-16,24-29H,17-18H2,1-3H3/t24-,25-,26+,27+,28-,29-/m1/s1. The van der Waals surface area contributed by atoms with Gasteiger partial charge in [-0.05, 0) is 56.5 Å². The van der Waals surface area contributed by atoms with Crippen molar-refractivity contribution in [3.05, 3.63) is 95.6 Å². The van der Waals surface area contributed by atoms with Crippen LogP contribution in [-0.2, 0) is 42.8 Å². The lowest BCUT2D eigenvalue weighted by atomic mass is 9.90. The number of rotatable bonds is 8. The Hall–Kier alpha value is -2.64. The zero-order valence-electron chi connectivity index (χ0n) is 22.4. The van der Waals surface area contributed by atoms with Gasteiger partial charge in [0.25, 0.3) is 20.2 Å². The summed E-state index contributed by atoms with van der Waals surface area (Å²) in [6.07, 6.45) is -5.00. The molecule has 2 aliphatic heterocycles. The Morgan fingerprint density at radius 2 is 1.20 bits per heavy atom. The second-order valence-electron chi connectivity index (χ2n) is 10.0. The van der Waals surface area contributed by atoms with Gasteiger partial charge in [0.15, 0.2) is 12.4 Å². The Morgan fingerprint density at radius 3 is 1.73 bits per heavy atom. The fourth-order valence-electron chi connectivity index (χ4n) is 4.98. The number of aryl methyl sites for hydroxylation is 2. The van der Waals surface area contributed by atoms with Gasteiger partial charge in [0, 0.05) is 7.11 Å². The molecule has 40 heavy (non-hydrogen) atoms. The molecule has 5 rings (SSSR count). The third-order valence-electron chi connectivity index (χ3n) is 7.12. The van der Waals surface area contributed by atoms with E-state index in [1.54, 1.807) is 24.3 Å². The van der Waals surface area contributed by atoms with Gasteiger partial charge in [-0.25, -0.2) is 0 Å². The molecule has 0 aromatic heterocycles. The molecular formula is C29H32O9S2. The van der Waals surface area contributed by atoms with Gasteiger partial charge in [0.1, 0.15) is 12.2 Å². The van der Waals surface area contributed by atoms with Crippen LogP contribution in [0.4, 0.5) is 0 Å². The number of benzene rings is 3. The molecule has 3 aromatic rings. The molecular weight excluding hydrogens is 556 g/mol. The van der Waals surface area contributed by atoms with Crippen molar-refractivity contribution in [2.24, 2.45) is 0 Å². The first-order valence-corrected chi connectivity index (χ1v) is 15.8. The first-order valence-electron chi connectivity index (χ1n) is 13.0. The van der Waals surface area contributed by atoms with E-state index < -0.39 is 50.9 Å². The fourth-order valence-corrected chi connectivity index (χ4v) is 7.14. The van der Waals surface area contributed by atoms with Crippen LogP contribution in [0.25, 0.3) is 0 Å². The maximum absolute atomic E-state index is 13.5. The maximum Gasteiger partial charge on any atom is 0.297 e. The molecule has 2 saturated heterocycles. The van der Waals surface area contributed by atoms with Crippen LogP contribution >= 0.6 is 0 Å². The second kappa shape index (κ2) is 11.7. The predicted octanol–water partition coefficient (Wildman–Crippen LogP) is 4.44.